The van der Waals surface area contributed by atoms with Crippen molar-refractivity contribution in [2.45, 2.75) is 4.90 Å². The van der Waals surface area contributed by atoms with Gasteiger partial charge in [-0.05, 0) is 18.2 Å². The number of carboxylic acids is 1. The number of benzene rings is 1. The summed E-state index contributed by atoms with van der Waals surface area (Å²) in [5, 5.41) is 16.8. The van der Waals surface area contributed by atoms with Crippen LogP contribution in [0, 0.1) is 0 Å². The first-order valence-corrected chi connectivity index (χ1v) is 5.43. The van der Waals surface area contributed by atoms with Gasteiger partial charge in [-0.15, -0.1) is 0 Å². The average molecular weight is 252 g/mol. The summed E-state index contributed by atoms with van der Waals surface area (Å²) in [6, 6.07) is 3.12. The maximum absolute atomic E-state index is 11.2. The summed E-state index contributed by atoms with van der Waals surface area (Å²) < 4.78 is 22.3. The number of nitrogens with one attached hydrogen (secondary N) is 1. The van der Waals surface area contributed by atoms with E-state index in [0.717, 1.165) is 23.1 Å². The van der Waals surface area contributed by atoms with E-state index < -0.39 is 20.9 Å². The molecular weight excluding hydrogens is 246 g/mol. The number of carbonyl (C=O) groups is 1. The molecule has 0 unspecified atom stereocenters. The number of rotatable bonds is 3. The van der Waals surface area contributed by atoms with Crippen molar-refractivity contribution in [3.63, 3.8) is 0 Å². The van der Waals surface area contributed by atoms with E-state index in [1.54, 1.807) is 0 Å². The Kier molecular flexibility index (Phi) is 3.30. The summed E-state index contributed by atoms with van der Waals surface area (Å²) in [7, 11) is -4.17. The van der Waals surface area contributed by atoms with Crippen molar-refractivity contribution in [1.82, 2.24) is 4.89 Å². The van der Waals surface area contributed by atoms with Crippen molar-refractivity contribution < 1.29 is 23.5 Å². The van der Waals surface area contributed by atoms with Crippen LogP contribution in [0.5, 0.6) is 0 Å². The lowest BCUT2D eigenvalue weighted by Crippen LogP contribution is -2.20. The Balaban J connectivity index is 3.42. The van der Waals surface area contributed by atoms with Crippen LogP contribution < -0.4 is 4.89 Å². The molecule has 0 fully saturated rings. The van der Waals surface area contributed by atoms with Crippen LogP contribution in [0.2, 0.25) is 5.02 Å². The van der Waals surface area contributed by atoms with E-state index in [1.165, 1.54) is 0 Å². The Bertz CT molecular complexity index is 498. The molecule has 0 spiro atoms. The van der Waals surface area contributed by atoms with Crippen molar-refractivity contribution >= 4 is 27.6 Å². The smallest absolute Gasteiger partial charge is 0.335 e. The Labute approximate surface area is 90.1 Å². The highest BCUT2D eigenvalue weighted by molar-refractivity contribution is 7.89. The number of carboxylic acid groups (broad SMARTS) is 1. The molecule has 0 heterocycles. The Morgan fingerprint density at radius 2 is 2.00 bits per heavy atom. The first-order valence-electron chi connectivity index (χ1n) is 3.57. The Hall–Kier alpha value is -1.15. The summed E-state index contributed by atoms with van der Waals surface area (Å²) in [6.07, 6.45) is 0. The highest BCUT2D eigenvalue weighted by atomic mass is 35.5. The minimum absolute atomic E-state index is 0.179. The summed E-state index contributed by atoms with van der Waals surface area (Å²) in [5.41, 5.74) is -0.242. The first kappa shape index (κ1) is 11.9. The van der Waals surface area contributed by atoms with Gasteiger partial charge in [0.25, 0.3) is 10.0 Å². The lowest BCUT2D eigenvalue weighted by Gasteiger charge is -2.04. The molecule has 0 amide bonds. The van der Waals surface area contributed by atoms with E-state index in [-0.39, 0.29) is 10.6 Å². The number of halogens is 1. The van der Waals surface area contributed by atoms with Crippen molar-refractivity contribution in [2.24, 2.45) is 0 Å². The fraction of sp³-hybridized carbons (Fsp3) is 0. The SMILES string of the molecule is O=C(O)c1ccc(Cl)c(S(=O)(=O)NO)c1. The second-order valence-electron chi connectivity index (χ2n) is 2.55. The predicted molar refractivity (Wildman–Crippen MR) is 50.5 cm³/mol. The molecule has 3 N–H and O–H groups in total. The molecule has 0 bridgehead atoms. The molecule has 0 atom stereocenters. The lowest BCUT2D eigenvalue weighted by atomic mass is 10.2. The molecule has 0 saturated carbocycles. The van der Waals surface area contributed by atoms with E-state index in [1.807, 2.05) is 0 Å². The standard InChI is InChI=1S/C7H6ClNO5S/c8-5-2-1-4(7(10)11)3-6(5)15(13,14)9-12/h1-3,9,12H,(H,10,11). The van der Waals surface area contributed by atoms with Crippen molar-refractivity contribution in [2.75, 3.05) is 0 Å². The fourth-order valence-corrected chi connectivity index (χ4v) is 2.02. The van der Waals surface area contributed by atoms with Gasteiger partial charge in [-0.1, -0.05) is 16.5 Å². The van der Waals surface area contributed by atoms with Crippen LogP contribution in [0.15, 0.2) is 23.1 Å². The van der Waals surface area contributed by atoms with Gasteiger partial charge in [-0.3, -0.25) is 0 Å². The molecule has 0 radical (unpaired) electrons. The zero-order valence-corrected chi connectivity index (χ0v) is 8.71. The number of hydrogen-bond donors (Lipinski definition) is 3. The zero-order chi connectivity index (χ0) is 11.6. The molecule has 6 nitrogen and oxygen atoms in total. The maximum atomic E-state index is 11.2. The minimum Gasteiger partial charge on any atom is -0.478 e. The van der Waals surface area contributed by atoms with E-state index in [0.29, 0.717) is 0 Å². The van der Waals surface area contributed by atoms with E-state index in [9.17, 15) is 13.2 Å². The number of sulfonamides is 1. The second-order valence-corrected chi connectivity index (χ2v) is 4.58. The molecule has 0 aliphatic heterocycles. The van der Waals surface area contributed by atoms with Gasteiger partial charge < -0.3 is 10.3 Å². The third-order valence-corrected chi connectivity index (χ3v) is 3.19. The average Bonchev–Trinajstić information content (AvgIpc) is 2.17. The molecule has 0 aliphatic carbocycles. The van der Waals surface area contributed by atoms with Crippen LogP contribution in [0.3, 0.4) is 0 Å². The van der Waals surface area contributed by atoms with Crippen LogP contribution in [0.25, 0.3) is 0 Å². The van der Waals surface area contributed by atoms with E-state index >= 15 is 0 Å². The van der Waals surface area contributed by atoms with Gasteiger partial charge in [0.1, 0.15) is 4.90 Å². The Morgan fingerprint density at radius 1 is 1.40 bits per heavy atom. The van der Waals surface area contributed by atoms with Crippen molar-refractivity contribution in [1.29, 1.82) is 0 Å². The molecule has 82 valence electrons. The molecule has 0 aliphatic rings. The first-order chi connectivity index (χ1) is 6.88. The summed E-state index contributed by atoms with van der Waals surface area (Å²) in [6.45, 7) is 0. The van der Waals surface area contributed by atoms with Crippen LogP contribution in [-0.2, 0) is 10.0 Å². The van der Waals surface area contributed by atoms with Crippen molar-refractivity contribution in [3.05, 3.63) is 28.8 Å². The summed E-state index contributed by atoms with van der Waals surface area (Å²) in [4.78, 5) is 11.1. The minimum atomic E-state index is -4.17. The fourth-order valence-electron chi connectivity index (χ4n) is 0.892. The molecule has 0 saturated heterocycles. The molecule has 1 aromatic carbocycles. The predicted octanol–water partition coefficient (Wildman–Crippen LogP) is 0.706. The van der Waals surface area contributed by atoms with Gasteiger partial charge >= 0.3 is 5.97 Å². The van der Waals surface area contributed by atoms with Gasteiger partial charge in [-0.25, -0.2) is 13.2 Å². The quantitative estimate of drug-likeness (QED) is 0.686. The Morgan fingerprint density at radius 3 is 2.47 bits per heavy atom. The van der Waals surface area contributed by atoms with Crippen LogP contribution >= 0.6 is 11.6 Å². The topological polar surface area (TPSA) is 104 Å². The summed E-state index contributed by atoms with van der Waals surface area (Å²) in [5.74, 6) is -1.29. The third-order valence-electron chi connectivity index (χ3n) is 1.59. The molecule has 1 rings (SSSR count). The van der Waals surface area contributed by atoms with Crippen LogP contribution in [0.1, 0.15) is 10.4 Å². The van der Waals surface area contributed by atoms with E-state index in [4.69, 9.17) is 21.9 Å². The number of aromatic carboxylic acids is 1. The van der Waals surface area contributed by atoms with Gasteiger partial charge in [0.05, 0.1) is 10.6 Å². The molecule has 15 heavy (non-hydrogen) atoms. The molecule has 0 aromatic heterocycles. The molecule has 8 heteroatoms. The van der Waals surface area contributed by atoms with Gasteiger partial charge in [0.2, 0.25) is 0 Å². The second kappa shape index (κ2) is 4.15. The zero-order valence-electron chi connectivity index (χ0n) is 7.14. The highest BCUT2D eigenvalue weighted by Crippen LogP contribution is 2.22. The number of hydrogen-bond acceptors (Lipinski definition) is 4. The monoisotopic (exact) mass is 251 g/mol. The normalized spacial score (nSPS) is 11.3. The third kappa shape index (κ3) is 2.45. The van der Waals surface area contributed by atoms with Crippen LogP contribution in [0.4, 0.5) is 0 Å². The van der Waals surface area contributed by atoms with E-state index in [2.05, 4.69) is 0 Å². The summed E-state index contributed by atoms with van der Waals surface area (Å²) >= 11 is 5.54. The maximum Gasteiger partial charge on any atom is 0.335 e. The van der Waals surface area contributed by atoms with Gasteiger partial charge in [0.15, 0.2) is 0 Å². The van der Waals surface area contributed by atoms with Gasteiger partial charge in [0, 0.05) is 0 Å². The van der Waals surface area contributed by atoms with Crippen LogP contribution in [-0.4, -0.2) is 24.7 Å². The highest BCUT2D eigenvalue weighted by Gasteiger charge is 2.18. The molecular formula is C7H6ClNO5S. The largest absolute Gasteiger partial charge is 0.478 e. The molecule has 1 aromatic rings. The van der Waals surface area contributed by atoms with Crippen molar-refractivity contribution in [3.8, 4) is 0 Å². The van der Waals surface area contributed by atoms with Gasteiger partial charge in [-0.2, -0.15) is 0 Å². The lowest BCUT2D eigenvalue weighted by molar-refractivity contribution is 0.0696.